The Morgan fingerprint density at radius 1 is 1.33 bits per heavy atom. The molecule has 1 unspecified atom stereocenters. The van der Waals surface area contributed by atoms with Crippen LogP contribution in [0.2, 0.25) is 0 Å². The van der Waals surface area contributed by atoms with Crippen molar-refractivity contribution in [1.82, 2.24) is 10.2 Å². The summed E-state index contributed by atoms with van der Waals surface area (Å²) in [4.78, 5) is 2.61. The summed E-state index contributed by atoms with van der Waals surface area (Å²) in [6.45, 7) is 6.02. The largest absolute Gasteiger partial charge is 0.318 e. The molecular weight excluding hydrogens is 148 g/mol. The predicted octanol–water partition coefficient (Wildman–Crippen LogP) is 1.47. The Morgan fingerprint density at radius 3 is 2.92 bits per heavy atom. The van der Waals surface area contributed by atoms with Gasteiger partial charge in [-0.2, -0.15) is 0 Å². The normalized spacial score (nSPS) is 27.0. The fraction of sp³-hybridized carbons (Fsp3) is 1.00. The van der Waals surface area contributed by atoms with E-state index in [9.17, 15) is 0 Å². The Bertz CT molecular complexity index is 114. The first-order valence-corrected chi connectivity index (χ1v) is 5.23. The van der Waals surface area contributed by atoms with Crippen molar-refractivity contribution < 1.29 is 0 Å². The third kappa shape index (κ3) is 3.11. The number of nitrogens with one attached hydrogen (secondary N) is 1. The van der Waals surface area contributed by atoms with Crippen molar-refractivity contribution in [3.05, 3.63) is 0 Å². The summed E-state index contributed by atoms with van der Waals surface area (Å²) >= 11 is 0. The van der Waals surface area contributed by atoms with Gasteiger partial charge in [-0.15, -0.1) is 0 Å². The minimum Gasteiger partial charge on any atom is -0.318 e. The van der Waals surface area contributed by atoms with Crippen LogP contribution in [0.4, 0.5) is 0 Å². The number of hydrogen-bond acceptors (Lipinski definition) is 2. The zero-order valence-corrected chi connectivity index (χ0v) is 8.47. The van der Waals surface area contributed by atoms with Gasteiger partial charge in [0.05, 0.1) is 0 Å². The van der Waals surface area contributed by atoms with Crippen molar-refractivity contribution >= 4 is 0 Å². The maximum absolute atomic E-state index is 3.21. The van der Waals surface area contributed by atoms with Gasteiger partial charge in [0.15, 0.2) is 0 Å². The van der Waals surface area contributed by atoms with E-state index in [1.807, 2.05) is 7.05 Å². The first kappa shape index (κ1) is 10.0. The summed E-state index contributed by atoms with van der Waals surface area (Å²) in [5.41, 5.74) is 0. The Balaban J connectivity index is 2.26. The minimum absolute atomic E-state index is 0.806. The average molecular weight is 170 g/mol. The molecule has 1 fully saturated rings. The van der Waals surface area contributed by atoms with E-state index in [2.05, 4.69) is 17.1 Å². The van der Waals surface area contributed by atoms with Crippen LogP contribution < -0.4 is 5.32 Å². The van der Waals surface area contributed by atoms with Gasteiger partial charge in [-0.3, -0.25) is 4.90 Å². The van der Waals surface area contributed by atoms with Crippen LogP contribution >= 0.6 is 0 Å². The highest BCUT2D eigenvalue weighted by Gasteiger charge is 2.15. The van der Waals surface area contributed by atoms with Gasteiger partial charge in [0.25, 0.3) is 0 Å². The molecule has 1 rings (SSSR count). The van der Waals surface area contributed by atoms with Crippen LogP contribution in [0.15, 0.2) is 0 Å². The molecule has 1 saturated heterocycles. The molecule has 12 heavy (non-hydrogen) atoms. The highest BCUT2D eigenvalue weighted by molar-refractivity contribution is 4.71. The van der Waals surface area contributed by atoms with Gasteiger partial charge in [-0.25, -0.2) is 0 Å². The van der Waals surface area contributed by atoms with Crippen molar-refractivity contribution in [1.29, 1.82) is 0 Å². The molecule has 0 amide bonds. The van der Waals surface area contributed by atoms with Gasteiger partial charge in [-0.05, 0) is 33.4 Å². The van der Waals surface area contributed by atoms with Crippen LogP contribution in [0.25, 0.3) is 0 Å². The molecule has 0 bridgehead atoms. The van der Waals surface area contributed by atoms with Gasteiger partial charge < -0.3 is 5.32 Å². The lowest BCUT2D eigenvalue weighted by Crippen LogP contribution is -2.37. The second-order valence-electron chi connectivity index (χ2n) is 3.84. The molecule has 1 N–H and O–H groups in total. The number of rotatable bonds is 3. The molecule has 0 spiro atoms. The zero-order chi connectivity index (χ0) is 8.81. The van der Waals surface area contributed by atoms with Crippen LogP contribution in [0.5, 0.6) is 0 Å². The SMILES string of the molecule is CNCCN1CCCCCC1C. The third-order valence-electron chi connectivity index (χ3n) is 2.84. The lowest BCUT2D eigenvalue weighted by molar-refractivity contribution is 0.215. The predicted molar refractivity (Wildman–Crippen MR) is 53.4 cm³/mol. The molecule has 0 aliphatic carbocycles. The second kappa shape index (κ2) is 5.55. The fourth-order valence-electron chi connectivity index (χ4n) is 1.92. The van der Waals surface area contributed by atoms with Crippen molar-refractivity contribution in [3.63, 3.8) is 0 Å². The molecule has 1 aliphatic heterocycles. The second-order valence-corrected chi connectivity index (χ2v) is 3.84. The highest BCUT2D eigenvalue weighted by Crippen LogP contribution is 2.15. The number of nitrogens with zero attached hydrogens (tertiary/aromatic N) is 1. The van der Waals surface area contributed by atoms with E-state index in [0.717, 1.165) is 12.6 Å². The molecule has 1 aliphatic rings. The Labute approximate surface area is 76.3 Å². The smallest absolute Gasteiger partial charge is 0.0110 e. The lowest BCUT2D eigenvalue weighted by atomic mass is 10.1. The molecule has 0 saturated carbocycles. The number of likely N-dealkylation sites (tertiary alicyclic amines) is 1. The molecule has 0 aromatic carbocycles. The summed E-state index contributed by atoms with van der Waals surface area (Å²) < 4.78 is 0. The van der Waals surface area contributed by atoms with Crippen LogP contribution in [0.3, 0.4) is 0 Å². The topological polar surface area (TPSA) is 15.3 Å². The summed E-state index contributed by atoms with van der Waals surface area (Å²) in [7, 11) is 2.03. The maximum Gasteiger partial charge on any atom is 0.0110 e. The van der Waals surface area contributed by atoms with Gasteiger partial charge in [0, 0.05) is 19.1 Å². The molecule has 0 radical (unpaired) electrons. The molecular formula is C10H22N2. The van der Waals surface area contributed by atoms with Crippen molar-refractivity contribution in [3.8, 4) is 0 Å². The Kier molecular flexibility index (Phi) is 4.62. The highest BCUT2D eigenvalue weighted by atomic mass is 15.2. The first-order valence-electron chi connectivity index (χ1n) is 5.23. The van der Waals surface area contributed by atoms with E-state index in [0.29, 0.717) is 0 Å². The fourth-order valence-corrected chi connectivity index (χ4v) is 1.92. The van der Waals surface area contributed by atoms with Crippen molar-refractivity contribution in [2.45, 2.75) is 38.6 Å². The summed E-state index contributed by atoms with van der Waals surface area (Å²) in [5.74, 6) is 0. The third-order valence-corrected chi connectivity index (χ3v) is 2.84. The lowest BCUT2D eigenvalue weighted by Gasteiger charge is -2.26. The molecule has 0 aromatic heterocycles. The Morgan fingerprint density at radius 2 is 2.17 bits per heavy atom. The summed E-state index contributed by atoms with van der Waals surface area (Å²) in [5, 5.41) is 3.21. The quantitative estimate of drug-likeness (QED) is 0.690. The minimum atomic E-state index is 0.806. The summed E-state index contributed by atoms with van der Waals surface area (Å²) in [6, 6.07) is 0.806. The average Bonchev–Trinajstić information content (AvgIpc) is 2.27. The van der Waals surface area contributed by atoms with Crippen LogP contribution in [-0.2, 0) is 0 Å². The van der Waals surface area contributed by atoms with Crippen LogP contribution in [0.1, 0.15) is 32.6 Å². The monoisotopic (exact) mass is 170 g/mol. The van der Waals surface area contributed by atoms with Crippen molar-refractivity contribution in [2.75, 3.05) is 26.7 Å². The number of likely N-dealkylation sites (N-methyl/N-ethyl adjacent to an activating group) is 1. The van der Waals surface area contributed by atoms with Gasteiger partial charge in [-0.1, -0.05) is 12.8 Å². The van der Waals surface area contributed by atoms with Crippen molar-refractivity contribution in [2.24, 2.45) is 0 Å². The molecule has 72 valence electrons. The van der Waals surface area contributed by atoms with E-state index >= 15 is 0 Å². The van der Waals surface area contributed by atoms with E-state index in [4.69, 9.17) is 0 Å². The van der Waals surface area contributed by atoms with E-state index < -0.39 is 0 Å². The van der Waals surface area contributed by atoms with Gasteiger partial charge in [0.2, 0.25) is 0 Å². The first-order chi connectivity index (χ1) is 5.84. The van der Waals surface area contributed by atoms with Gasteiger partial charge in [0.1, 0.15) is 0 Å². The molecule has 2 nitrogen and oxygen atoms in total. The standard InChI is InChI=1S/C10H22N2/c1-10-6-4-3-5-8-12(10)9-7-11-2/h10-11H,3-9H2,1-2H3. The van der Waals surface area contributed by atoms with Crippen LogP contribution in [0, 0.1) is 0 Å². The molecule has 2 heteroatoms. The summed E-state index contributed by atoms with van der Waals surface area (Å²) in [6.07, 6.45) is 5.65. The van der Waals surface area contributed by atoms with E-state index in [-0.39, 0.29) is 0 Å². The molecule has 1 heterocycles. The zero-order valence-electron chi connectivity index (χ0n) is 8.47. The van der Waals surface area contributed by atoms with E-state index in [1.54, 1.807) is 0 Å². The molecule has 1 atom stereocenters. The number of hydrogen-bond donors (Lipinski definition) is 1. The maximum atomic E-state index is 3.21. The Hall–Kier alpha value is -0.0800. The van der Waals surface area contributed by atoms with Gasteiger partial charge >= 0.3 is 0 Å². The van der Waals surface area contributed by atoms with Crippen LogP contribution in [-0.4, -0.2) is 37.6 Å². The molecule has 0 aromatic rings. The van der Waals surface area contributed by atoms with E-state index in [1.165, 1.54) is 38.8 Å².